The highest BCUT2D eigenvalue weighted by molar-refractivity contribution is 5.67. The molecule has 5 aliphatic heterocycles. The van der Waals surface area contributed by atoms with Crippen molar-refractivity contribution in [3.8, 4) is 12.3 Å². The average Bonchev–Trinajstić information content (AvgIpc) is 3.95. The predicted octanol–water partition coefficient (Wildman–Crippen LogP) is -8.83. The molecule has 5 rings (SSSR count). The second kappa shape index (κ2) is 18.5. The average molecular weight is 802 g/mol. The molecule has 0 aliphatic carbocycles. The highest BCUT2D eigenvalue weighted by Crippen LogP contribution is 2.35. The van der Waals surface area contributed by atoms with Crippen LogP contribution >= 0.6 is 0 Å². The van der Waals surface area contributed by atoms with E-state index < -0.39 is 161 Å². The maximum Gasteiger partial charge on any atom is 0.407 e. The molecule has 5 aliphatic rings. The van der Waals surface area contributed by atoms with E-state index in [0.29, 0.717) is 0 Å². The zero-order valence-electron chi connectivity index (χ0n) is 28.7. The van der Waals surface area contributed by atoms with Crippen LogP contribution in [0, 0.1) is 12.3 Å². The molecular weight excluding hydrogens is 754 g/mol. The summed E-state index contributed by atoms with van der Waals surface area (Å²) in [5, 5.41) is 145. The molecule has 4 fully saturated rings. The number of hydrogen-bond acceptors (Lipinski definition) is 24. The quantitative estimate of drug-likeness (QED) is 0.0725. The molecule has 9 unspecified atom stereocenters. The van der Waals surface area contributed by atoms with Gasteiger partial charge in [0.15, 0.2) is 31.3 Å². The van der Waals surface area contributed by atoms with Crippen LogP contribution in [0.2, 0.25) is 0 Å². The minimum absolute atomic E-state index is 0.0821. The lowest BCUT2D eigenvalue weighted by molar-refractivity contribution is -0.387. The molecule has 25 nitrogen and oxygen atoms in total. The standard InChI is InChI=1S/C30H47N3O22/c1-2-3-30(32-33-30)8-31-29(47)55-24-20(45)23(10(5-35)48-25(24)46)54-28-19(44)16(41)22(12(7-37)51-28)53-27-18(43)15(40)21(11(6-36)50-27)52-26-17(42)14(39)13(38)9(4-34)49-26/h1,9-28,34-46H,3-8H2,(H,31,47)/t9?,10?,11?,12?,13-,14+,15-,16-,17?,18?,19?,20+,21-,22-,23-,24?,25?,26-,27-,28-/m1/s1. The summed E-state index contributed by atoms with van der Waals surface area (Å²) in [7, 11) is 0. The molecular formula is C30H47N3O22. The fourth-order valence-electron chi connectivity index (χ4n) is 6.48. The zero-order valence-corrected chi connectivity index (χ0v) is 28.7. The summed E-state index contributed by atoms with van der Waals surface area (Å²) in [5.41, 5.74) is -1.03. The first-order valence-electron chi connectivity index (χ1n) is 17.1. The first kappa shape index (κ1) is 43.7. The number of alkyl carbamates (subject to hydrolysis) is 1. The SMILES string of the molecule is C#CCC1(CNC(=O)OC2C(O)OC(CO)[C@@H](O[C@H]3OC(CO)[C@@H](O[C@H]4OC(CO)[C@@H](O[C@H]5OC(CO)[C@@H](O)[C@H](O)C5O)[C@H](O)C4O)[C@H](O)C3O)[C@@H]2O)N=N1. The highest BCUT2D eigenvalue weighted by atomic mass is 16.8. The third-order valence-electron chi connectivity index (χ3n) is 9.71. The van der Waals surface area contributed by atoms with Crippen LogP contribution in [0.5, 0.6) is 0 Å². The van der Waals surface area contributed by atoms with Gasteiger partial charge in [0.2, 0.25) is 5.66 Å². The molecule has 0 spiro atoms. The number of nitrogens with zero attached hydrogens (tertiary/aromatic N) is 2. The van der Waals surface area contributed by atoms with Crippen LogP contribution in [-0.2, 0) is 37.9 Å². The molecule has 0 aromatic rings. The minimum Gasteiger partial charge on any atom is -0.438 e. The normalized spacial score (nSPS) is 46.8. The topological polar surface area (TPSA) is 391 Å². The molecule has 0 radical (unpaired) electrons. The Kier molecular flexibility index (Phi) is 14.7. The molecule has 5 heterocycles. The number of aliphatic hydroxyl groups is 13. The van der Waals surface area contributed by atoms with Gasteiger partial charge >= 0.3 is 6.09 Å². The van der Waals surface area contributed by atoms with Crippen LogP contribution in [0.3, 0.4) is 0 Å². The maximum atomic E-state index is 12.5. The Morgan fingerprint density at radius 3 is 1.44 bits per heavy atom. The summed E-state index contributed by atoms with van der Waals surface area (Å²) in [6, 6.07) is 0. The molecule has 55 heavy (non-hydrogen) atoms. The Hall–Kier alpha value is -2.37. The number of hydrogen-bond donors (Lipinski definition) is 14. The van der Waals surface area contributed by atoms with Crippen molar-refractivity contribution in [2.45, 2.75) is 135 Å². The van der Waals surface area contributed by atoms with E-state index in [0.717, 1.165) is 0 Å². The Morgan fingerprint density at radius 1 is 0.582 bits per heavy atom. The number of aliphatic hydroxyl groups excluding tert-OH is 13. The van der Waals surface area contributed by atoms with Crippen molar-refractivity contribution < 1.29 is 109 Å². The van der Waals surface area contributed by atoms with Crippen molar-refractivity contribution in [2.75, 3.05) is 33.0 Å². The van der Waals surface area contributed by atoms with E-state index in [1.54, 1.807) is 0 Å². The first-order chi connectivity index (χ1) is 26.1. The molecule has 0 saturated carbocycles. The van der Waals surface area contributed by atoms with Crippen molar-refractivity contribution in [1.82, 2.24) is 5.32 Å². The van der Waals surface area contributed by atoms with Gasteiger partial charge in [-0.2, -0.15) is 10.2 Å². The van der Waals surface area contributed by atoms with E-state index >= 15 is 0 Å². The zero-order chi connectivity index (χ0) is 40.4. The van der Waals surface area contributed by atoms with Gasteiger partial charge < -0.3 is 110 Å². The van der Waals surface area contributed by atoms with Gasteiger partial charge in [-0.05, 0) is 0 Å². The number of terminal acetylenes is 1. The third kappa shape index (κ3) is 9.35. The van der Waals surface area contributed by atoms with E-state index in [2.05, 4.69) is 21.5 Å². The highest BCUT2D eigenvalue weighted by Gasteiger charge is 2.55. The second-order valence-electron chi connectivity index (χ2n) is 13.4. The molecule has 20 atom stereocenters. The van der Waals surface area contributed by atoms with Gasteiger partial charge in [0.25, 0.3) is 0 Å². The third-order valence-corrected chi connectivity index (χ3v) is 9.71. The van der Waals surface area contributed by atoms with Gasteiger partial charge in [-0.25, -0.2) is 4.79 Å². The Bertz CT molecular complexity index is 1330. The number of amides is 1. The van der Waals surface area contributed by atoms with Gasteiger partial charge in [0.05, 0.1) is 39.4 Å². The number of nitrogens with one attached hydrogen (secondary N) is 1. The lowest BCUT2D eigenvalue weighted by atomic mass is 9.95. The van der Waals surface area contributed by atoms with Crippen LogP contribution in [0.1, 0.15) is 6.42 Å². The van der Waals surface area contributed by atoms with E-state index in [1.807, 2.05) is 0 Å². The smallest absolute Gasteiger partial charge is 0.407 e. The summed E-state index contributed by atoms with van der Waals surface area (Å²) in [5.74, 6) is 2.35. The molecule has 0 aromatic heterocycles. The van der Waals surface area contributed by atoms with Gasteiger partial charge in [0.1, 0.15) is 91.6 Å². The second-order valence-corrected chi connectivity index (χ2v) is 13.4. The number of carbonyl (C=O) groups is 1. The maximum absolute atomic E-state index is 12.5. The Labute approximate surface area is 311 Å². The monoisotopic (exact) mass is 801 g/mol. The van der Waals surface area contributed by atoms with Gasteiger partial charge in [0, 0.05) is 0 Å². The molecule has 0 bridgehead atoms. The van der Waals surface area contributed by atoms with Gasteiger partial charge in [-0.1, -0.05) is 0 Å². The summed E-state index contributed by atoms with van der Waals surface area (Å²) in [4.78, 5) is 12.5. The predicted molar refractivity (Wildman–Crippen MR) is 167 cm³/mol. The van der Waals surface area contributed by atoms with E-state index in [4.69, 9.17) is 44.3 Å². The number of ether oxygens (including phenoxy) is 8. The lowest BCUT2D eigenvalue weighted by Crippen LogP contribution is -2.67. The number of carbonyl (C=O) groups excluding carboxylic acids is 1. The summed E-state index contributed by atoms with van der Waals surface area (Å²) in [6.07, 6.45) is -32.2. The molecule has 14 N–H and O–H groups in total. The Morgan fingerprint density at radius 2 is 1.00 bits per heavy atom. The minimum atomic E-state index is -2.09. The van der Waals surface area contributed by atoms with Crippen molar-refractivity contribution in [2.24, 2.45) is 10.2 Å². The summed E-state index contributed by atoms with van der Waals surface area (Å²) < 4.78 is 43.6. The van der Waals surface area contributed by atoms with Crippen LogP contribution in [-0.4, -0.2) is 234 Å². The van der Waals surface area contributed by atoms with Crippen LogP contribution in [0.4, 0.5) is 4.79 Å². The fraction of sp³-hybridized carbons (Fsp3) is 0.900. The van der Waals surface area contributed by atoms with E-state index in [9.17, 15) is 71.2 Å². The van der Waals surface area contributed by atoms with Crippen molar-refractivity contribution in [3.05, 3.63) is 0 Å². The number of rotatable bonds is 14. The molecule has 0 aromatic carbocycles. The Balaban J connectivity index is 1.22. The largest absolute Gasteiger partial charge is 0.438 e. The van der Waals surface area contributed by atoms with Crippen LogP contribution in [0.15, 0.2) is 10.2 Å². The van der Waals surface area contributed by atoms with Crippen molar-refractivity contribution >= 4 is 6.09 Å². The summed E-state index contributed by atoms with van der Waals surface area (Å²) in [6.45, 7) is -3.73. The van der Waals surface area contributed by atoms with Crippen LogP contribution < -0.4 is 5.32 Å². The first-order valence-corrected chi connectivity index (χ1v) is 17.1. The van der Waals surface area contributed by atoms with Crippen molar-refractivity contribution in [1.29, 1.82) is 0 Å². The fourth-order valence-corrected chi connectivity index (χ4v) is 6.48. The van der Waals surface area contributed by atoms with Crippen LogP contribution in [0.25, 0.3) is 0 Å². The van der Waals surface area contributed by atoms with Gasteiger partial charge in [-0.3, -0.25) is 0 Å². The molecule has 1 amide bonds. The van der Waals surface area contributed by atoms with Gasteiger partial charge in [-0.15, -0.1) is 12.3 Å². The van der Waals surface area contributed by atoms with Crippen molar-refractivity contribution in [3.63, 3.8) is 0 Å². The van der Waals surface area contributed by atoms with E-state index in [1.165, 1.54) is 0 Å². The lowest BCUT2D eigenvalue weighted by Gasteiger charge is -2.49. The molecule has 25 heteroatoms. The van der Waals surface area contributed by atoms with E-state index in [-0.39, 0.29) is 13.0 Å². The molecule has 4 saturated heterocycles. The summed E-state index contributed by atoms with van der Waals surface area (Å²) >= 11 is 0. The molecule has 314 valence electrons.